The molecule has 0 bridgehead atoms. The summed E-state index contributed by atoms with van der Waals surface area (Å²) in [6.45, 7) is 7.62. The third-order valence-electron chi connectivity index (χ3n) is 2.27. The van der Waals surface area contributed by atoms with E-state index in [9.17, 15) is 9.59 Å². The zero-order chi connectivity index (χ0) is 9.90. The second kappa shape index (κ2) is 3.43. The van der Waals surface area contributed by atoms with Gasteiger partial charge in [-0.1, -0.05) is 12.7 Å². The maximum Gasteiger partial charge on any atom is 0.256 e. The van der Waals surface area contributed by atoms with Crippen molar-refractivity contribution >= 4 is 12.3 Å². The molecule has 1 unspecified atom stereocenters. The summed E-state index contributed by atoms with van der Waals surface area (Å²) in [4.78, 5) is 23.4. The minimum atomic E-state index is -0.921. The molecule has 0 radical (unpaired) electrons. The number of carbonyl (C=O) groups is 2. The topological polar surface area (TPSA) is 49.4 Å². The third kappa shape index (κ3) is 1.35. The van der Waals surface area contributed by atoms with E-state index in [-0.39, 0.29) is 5.91 Å². The van der Waals surface area contributed by atoms with E-state index in [4.69, 9.17) is 0 Å². The third-order valence-corrected chi connectivity index (χ3v) is 2.27. The van der Waals surface area contributed by atoms with Crippen LogP contribution in [0.2, 0.25) is 0 Å². The van der Waals surface area contributed by atoms with Crippen molar-refractivity contribution in [2.75, 3.05) is 6.54 Å². The molecule has 1 atom stereocenters. The number of amides is 2. The Hall–Kier alpha value is -1.58. The van der Waals surface area contributed by atoms with E-state index in [1.54, 1.807) is 0 Å². The van der Waals surface area contributed by atoms with Gasteiger partial charge in [-0.25, -0.2) is 0 Å². The summed E-state index contributed by atoms with van der Waals surface area (Å²) < 4.78 is 0. The Morgan fingerprint density at radius 3 is 2.62 bits per heavy atom. The van der Waals surface area contributed by atoms with Crippen LogP contribution >= 0.6 is 0 Å². The zero-order valence-corrected chi connectivity index (χ0v) is 7.32. The van der Waals surface area contributed by atoms with Crippen molar-refractivity contribution in [1.29, 1.82) is 0 Å². The lowest BCUT2D eigenvalue weighted by Gasteiger charge is -2.21. The van der Waals surface area contributed by atoms with Crippen LogP contribution < -0.4 is 5.32 Å². The normalized spacial score (nSPS) is 27.1. The van der Waals surface area contributed by atoms with Crippen molar-refractivity contribution in [3.63, 3.8) is 0 Å². The Labute approximate surface area is 76.9 Å². The molecular weight excluding hydrogens is 168 g/mol. The highest BCUT2D eigenvalue weighted by atomic mass is 16.2. The molecule has 1 saturated heterocycles. The van der Waals surface area contributed by atoms with E-state index >= 15 is 0 Å². The molecule has 0 saturated carbocycles. The molecule has 0 spiro atoms. The van der Waals surface area contributed by atoms with Gasteiger partial charge in [0.2, 0.25) is 6.41 Å². The monoisotopic (exact) mass is 180 g/mol. The fraction of sp³-hybridized carbons (Fsp3) is 0.333. The first kappa shape index (κ1) is 9.51. The first-order chi connectivity index (χ1) is 6.20. The second-order valence-corrected chi connectivity index (χ2v) is 2.87. The van der Waals surface area contributed by atoms with Crippen molar-refractivity contribution in [2.45, 2.75) is 12.0 Å². The van der Waals surface area contributed by atoms with Crippen LogP contribution in [0.5, 0.6) is 0 Å². The van der Waals surface area contributed by atoms with Gasteiger partial charge < -0.3 is 10.2 Å². The number of nitrogens with one attached hydrogen (secondary N) is 1. The van der Waals surface area contributed by atoms with Crippen molar-refractivity contribution < 1.29 is 9.59 Å². The van der Waals surface area contributed by atoms with Gasteiger partial charge in [-0.2, -0.15) is 0 Å². The van der Waals surface area contributed by atoms with Crippen LogP contribution in [0.25, 0.3) is 0 Å². The molecule has 70 valence electrons. The fourth-order valence-electron chi connectivity index (χ4n) is 1.42. The molecule has 0 aromatic rings. The van der Waals surface area contributed by atoms with Crippen LogP contribution in [0, 0.1) is 0 Å². The van der Waals surface area contributed by atoms with Crippen LogP contribution in [-0.2, 0) is 9.59 Å². The van der Waals surface area contributed by atoms with Gasteiger partial charge in [-0.15, -0.1) is 6.58 Å². The molecule has 1 aliphatic heterocycles. The predicted molar refractivity (Wildman–Crippen MR) is 48.7 cm³/mol. The van der Waals surface area contributed by atoms with Crippen LogP contribution in [0.1, 0.15) is 6.42 Å². The lowest BCUT2D eigenvalue weighted by atomic mass is 9.98. The molecule has 0 aromatic carbocycles. The summed E-state index contributed by atoms with van der Waals surface area (Å²) in [5.41, 5.74) is -0.921. The van der Waals surface area contributed by atoms with Crippen molar-refractivity contribution in [2.24, 2.45) is 0 Å². The molecule has 4 heteroatoms. The van der Waals surface area contributed by atoms with Crippen molar-refractivity contribution in [3.8, 4) is 0 Å². The van der Waals surface area contributed by atoms with Gasteiger partial charge in [-0.3, -0.25) is 9.59 Å². The highest BCUT2D eigenvalue weighted by molar-refractivity contribution is 5.93. The summed E-state index contributed by atoms with van der Waals surface area (Å²) >= 11 is 0. The average molecular weight is 180 g/mol. The molecule has 1 heterocycles. The van der Waals surface area contributed by atoms with Gasteiger partial charge in [0.15, 0.2) is 0 Å². The van der Waals surface area contributed by atoms with Crippen LogP contribution in [-0.4, -0.2) is 29.3 Å². The quantitative estimate of drug-likeness (QED) is 0.490. The smallest absolute Gasteiger partial charge is 0.256 e. The molecule has 1 N–H and O–H groups in total. The molecule has 1 rings (SSSR count). The van der Waals surface area contributed by atoms with E-state index in [0.29, 0.717) is 19.4 Å². The molecule has 1 fully saturated rings. The lowest BCUT2D eigenvalue weighted by molar-refractivity contribution is -0.131. The Balaban J connectivity index is 2.90. The number of hydrogen-bond acceptors (Lipinski definition) is 2. The summed E-state index contributed by atoms with van der Waals surface area (Å²) in [5.74, 6) is -0.176. The average Bonchev–Trinajstić information content (AvgIpc) is 2.45. The van der Waals surface area contributed by atoms with Crippen LogP contribution in [0.15, 0.2) is 25.4 Å². The Morgan fingerprint density at radius 2 is 2.23 bits per heavy atom. The second-order valence-electron chi connectivity index (χ2n) is 2.87. The standard InChI is InChI=1S/C9H12N2O2/c1-3-9(10-7-12)5-6-11(4-2)8(9)13/h3-4,7H,1-2,5-6H2,(H,10,12). The van der Waals surface area contributed by atoms with Gasteiger partial charge in [0, 0.05) is 13.0 Å². The van der Waals surface area contributed by atoms with Gasteiger partial charge in [-0.05, 0) is 6.20 Å². The highest BCUT2D eigenvalue weighted by Crippen LogP contribution is 2.23. The molecule has 4 nitrogen and oxygen atoms in total. The maximum absolute atomic E-state index is 11.6. The molecular formula is C9H12N2O2. The van der Waals surface area contributed by atoms with Crippen molar-refractivity contribution in [3.05, 3.63) is 25.4 Å². The van der Waals surface area contributed by atoms with Crippen molar-refractivity contribution in [1.82, 2.24) is 10.2 Å². The minimum absolute atomic E-state index is 0.176. The number of likely N-dealkylation sites (tertiary alicyclic amines) is 1. The summed E-state index contributed by atoms with van der Waals surface area (Å²) in [5, 5.41) is 2.48. The number of rotatable bonds is 4. The van der Waals surface area contributed by atoms with Crippen LogP contribution in [0.4, 0.5) is 0 Å². The van der Waals surface area contributed by atoms with Gasteiger partial charge in [0.25, 0.3) is 5.91 Å². The summed E-state index contributed by atoms with van der Waals surface area (Å²) in [7, 11) is 0. The Bertz CT molecular complexity index is 262. The van der Waals surface area contributed by atoms with E-state index < -0.39 is 5.54 Å². The first-order valence-corrected chi connectivity index (χ1v) is 3.99. The van der Waals surface area contributed by atoms with Gasteiger partial charge >= 0.3 is 0 Å². The van der Waals surface area contributed by atoms with Gasteiger partial charge in [0.05, 0.1) is 0 Å². The number of carbonyl (C=O) groups excluding carboxylic acids is 2. The van der Waals surface area contributed by atoms with Gasteiger partial charge in [0.1, 0.15) is 5.54 Å². The largest absolute Gasteiger partial charge is 0.341 e. The predicted octanol–water partition coefficient (Wildman–Crippen LogP) is 0.0330. The summed E-state index contributed by atoms with van der Waals surface area (Å²) in [6, 6.07) is 0. The first-order valence-electron chi connectivity index (χ1n) is 3.99. The molecule has 0 aliphatic carbocycles. The van der Waals surface area contributed by atoms with E-state index in [2.05, 4.69) is 18.5 Å². The molecule has 2 amide bonds. The Morgan fingerprint density at radius 1 is 1.54 bits per heavy atom. The molecule has 1 aliphatic rings. The lowest BCUT2D eigenvalue weighted by Crippen LogP contribution is -2.48. The van der Waals surface area contributed by atoms with E-state index in [1.165, 1.54) is 17.2 Å². The van der Waals surface area contributed by atoms with Crippen LogP contribution in [0.3, 0.4) is 0 Å². The number of hydrogen-bond donors (Lipinski definition) is 1. The Kier molecular flexibility index (Phi) is 2.51. The summed E-state index contributed by atoms with van der Waals surface area (Å²) in [6.07, 6.45) is 3.99. The molecule has 0 aromatic heterocycles. The minimum Gasteiger partial charge on any atom is -0.341 e. The zero-order valence-electron chi connectivity index (χ0n) is 7.32. The fourth-order valence-corrected chi connectivity index (χ4v) is 1.42. The number of nitrogens with zero attached hydrogens (tertiary/aromatic N) is 1. The highest BCUT2D eigenvalue weighted by Gasteiger charge is 2.43. The maximum atomic E-state index is 11.6. The van der Waals surface area contributed by atoms with E-state index in [1.807, 2.05) is 0 Å². The molecule has 13 heavy (non-hydrogen) atoms. The van der Waals surface area contributed by atoms with E-state index in [0.717, 1.165) is 0 Å². The SMILES string of the molecule is C=CN1CCC(C=C)(NC=O)C1=O.